The largest absolute Gasteiger partial charge is 0.398 e. The first-order chi connectivity index (χ1) is 5.66. The molecule has 3 heteroatoms. The molecule has 0 fully saturated rings. The number of hydrogen-bond donors (Lipinski definition) is 2. The molecule has 1 aromatic rings. The van der Waals surface area contributed by atoms with Gasteiger partial charge in [-0.1, -0.05) is 6.07 Å². The van der Waals surface area contributed by atoms with Crippen molar-refractivity contribution in [3.8, 4) is 6.07 Å². The molecular formula is C9H11N3. The minimum absolute atomic E-state index is 0.244. The number of nitrogen functional groups attached to an aromatic ring is 2. The first kappa shape index (κ1) is 8.41. The average Bonchev–Trinajstić information content (AvgIpc) is 2.03. The number of benzene rings is 1. The molecule has 0 saturated carbocycles. The second kappa shape index (κ2) is 3.14. The van der Waals surface area contributed by atoms with E-state index in [4.69, 9.17) is 16.7 Å². The average molecular weight is 161 g/mol. The van der Waals surface area contributed by atoms with Crippen molar-refractivity contribution < 1.29 is 0 Å². The lowest BCUT2D eigenvalue weighted by atomic mass is 9.99. The number of nitriles is 1. The van der Waals surface area contributed by atoms with Crippen molar-refractivity contribution in [2.45, 2.75) is 12.8 Å². The van der Waals surface area contributed by atoms with E-state index in [1.165, 1.54) is 0 Å². The van der Waals surface area contributed by atoms with Gasteiger partial charge in [0.05, 0.1) is 12.0 Å². The Morgan fingerprint density at radius 3 is 2.25 bits per heavy atom. The smallest absolute Gasteiger partial charge is 0.0725 e. The van der Waals surface area contributed by atoms with Gasteiger partial charge in [-0.05, 0) is 19.1 Å². The molecule has 0 spiro atoms. The molecule has 0 aliphatic heterocycles. The molecule has 0 aliphatic carbocycles. The van der Waals surface area contributed by atoms with Gasteiger partial charge in [0.1, 0.15) is 0 Å². The third kappa shape index (κ3) is 1.32. The molecule has 0 saturated heterocycles. The zero-order chi connectivity index (χ0) is 9.14. The third-order valence-corrected chi connectivity index (χ3v) is 1.80. The van der Waals surface area contributed by atoms with Crippen LogP contribution in [0.25, 0.3) is 0 Å². The summed E-state index contributed by atoms with van der Waals surface area (Å²) < 4.78 is 0. The van der Waals surface area contributed by atoms with Gasteiger partial charge in [-0.3, -0.25) is 0 Å². The highest BCUT2D eigenvalue weighted by atomic mass is 14.6. The van der Waals surface area contributed by atoms with E-state index in [-0.39, 0.29) is 5.92 Å². The Hall–Kier alpha value is -1.69. The zero-order valence-electron chi connectivity index (χ0n) is 6.91. The standard InChI is InChI=1S/C9H11N3/c1-6(5-10)9-7(11)3-2-4-8(9)12/h2-4,6H,11-12H2,1H3. The van der Waals surface area contributed by atoms with Crippen LogP contribution in [-0.4, -0.2) is 0 Å². The Kier molecular flexibility index (Phi) is 2.20. The van der Waals surface area contributed by atoms with E-state index in [2.05, 4.69) is 6.07 Å². The van der Waals surface area contributed by atoms with Crippen molar-refractivity contribution in [3.63, 3.8) is 0 Å². The topological polar surface area (TPSA) is 75.8 Å². The second-order valence-corrected chi connectivity index (χ2v) is 2.70. The molecule has 1 aromatic carbocycles. The summed E-state index contributed by atoms with van der Waals surface area (Å²) in [6.07, 6.45) is 0. The van der Waals surface area contributed by atoms with Crippen LogP contribution in [0.1, 0.15) is 18.4 Å². The minimum Gasteiger partial charge on any atom is -0.398 e. The molecule has 1 rings (SSSR count). The van der Waals surface area contributed by atoms with Crippen LogP contribution < -0.4 is 11.5 Å². The maximum atomic E-state index is 8.68. The molecule has 1 unspecified atom stereocenters. The van der Waals surface area contributed by atoms with Gasteiger partial charge in [-0.15, -0.1) is 0 Å². The molecule has 0 aromatic heterocycles. The lowest BCUT2D eigenvalue weighted by Gasteiger charge is -2.09. The molecule has 0 bridgehead atoms. The van der Waals surface area contributed by atoms with E-state index in [9.17, 15) is 0 Å². The van der Waals surface area contributed by atoms with Gasteiger partial charge in [0, 0.05) is 16.9 Å². The van der Waals surface area contributed by atoms with Gasteiger partial charge < -0.3 is 11.5 Å². The highest BCUT2D eigenvalue weighted by Crippen LogP contribution is 2.26. The van der Waals surface area contributed by atoms with E-state index in [0.29, 0.717) is 11.4 Å². The van der Waals surface area contributed by atoms with Crippen LogP contribution in [0.5, 0.6) is 0 Å². The van der Waals surface area contributed by atoms with E-state index in [1.807, 2.05) is 0 Å². The molecule has 1 atom stereocenters. The molecule has 3 nitrogen and oxygen atoms in total. The first-order valence-electron chi connectivity index (χ1n) is 3.70. The van der Waals surface area contributed by atoms with Gasteiger partial charge in [0.15, 0.2) is 0 Å². The summed E-state index contributed by atoms with van der Waals surface area (Å²) in [7, 11) is 0. The van der Waals surface area contributed by atoms with Gasteiger partial charge in [0.2, 0.25) is 0 Å². The van der Waals surface area contributed by atoms with Gasteiger partial charge in [0.25, 0.3) is 0 Å². The summed E-state index contributed by atoms with van der Waals surface area (Å²) >= 11 is 0. The Morgan fingerprint density at radius 1 is 1.33 bits per heavy atom. The monoisotopic (exact) mass is 161 g/mol. The molecule has 0 amide bonds. The lowest BCUT2D eigenvalue weighted by molar-refractivity contribution is 0.989. The number of rotatable bonds is 1. The van der Waals surface area contributed by atoms with Crippen LogP contribution in [0.4, 0.5) is 11.4 Å². The molecule has 62 valence electrons. The quantitative estimate of drug-likeness (QED) is 0.612. The fourth-order valence-electron chi connectivity index (χ4n) is 1.17. The summed E-state index contributed by atoms with van der Waals surface area (Å²) in [6, 6.07) is 7.38. The molecule has 0 aliphatic rings. The normalized spacial score (nSPS) is 12.0. The molecule has 4 N–H and O–H groups in total. The minimum atomic E-state index is -0.244. The fraction of sp³-hybridized carbons (Fsp3) is 0.222. The van der Waals surface area contributed by atoms with Crippen molar-refractivity contribution in [2.24, 2.45) is 0 Å². The number of nitrogens with two attached hydrogens (primary N) is 2. The summed E-state index contributed by atoms with van der Waals surface area (Å²) in [5.74, 6) is -0.244. The predicted molar refractivity (Wildman–Crippen MR) is 49.3 cm³/mol. The highest BCUT2D eigenvalue weighted by molar-refractivity contribution is 5.63. The number of nitrogens with zero attached hydrogens (tertiary/aromatic N) is 1. The summed E-state index contributed by atoms with van der Waals surface area (Å²) in [5, 5.41) is 8.68. The third-order valence-electron chi connectivity index (χ3n) is 1.80. The van der Waals surface area contributed by atoms with Crippen LogP contribution in [0.3, 0.4) is 0 Å². The first-order valence-corrected chi connectivity index (χ1v) is 3.70. The van der Waals surface area contributed by atoms with Crippen LogP contribution in [0, 0.1) is 11.3 Å². The van der Waals surface area contributed by atoms with E-state index in [0.717, 1.165) is 5.56 Å². The van der Waals surface area contributed by atoms with Gasteiger partial charge in [-0.2, -0.15) is 5.26 Å². The lowest BCUT2D eigenvalue weighted by Crippen LogP contribution is -2.02. The van der Waals surface area contributed by atoms with Crippen molar-refractivity contribution in [2.75, 3.05) is 11.5 Å². The van der Waals surface area contributed by atoms with E-state index >= 15 is 0 Å². The van der Waals surface area contributed by atoms with Crippen LogP contribution in [-0.2, 0) is 0 Å². The molecular weight excluding hydrogens is 150 g/mol. The maximum Gasteiger partial charge on any atom is 0.0725 e. The Labute approximate surface area is 71.6 Å². The summed E-state index contributed by atoms with van der Waals surface area (Å²) in [5.41, 5.74) is 13.2. The van der Waals surface area contributed by atoms with E-state index < -0.39 is 0 Å². The Morgan fingerprint density at radius 2 is 1.83 bits per heavy atom. The van der Waals surface area contributed by atoms with Crippen LogP contribution in [0.2, 0.25) is 0 Å². The fourth-order valence-corrected chi connectivity index (χ4v) is 1.17. The molecule has 0 radical (unpaired) electrons. The van der Waals surface area contributed by atoms with Crippen molar-refractivity contribution >= 4 is 11.4 Å². The zero-order valence-corrected chi connectivity index (χ0v) is 6.91. The molecule has 12 heavy (non-hydrogen) atoms. The van der Waals surface area contributed by atoms with E-state index in [1.54, 1.807) is 25.1 Å². The Balaban J connectivity index is 3.23. The second-order valence-electron chi connectivity index (χ2n) is 2.70. The SMILES string of the molecule is CC(C#N)c1c(N)cccc1N. The van der Waals surface area contributed by atoms with Crippen molar-refractivity contribution in [1.29, 1.82) is 5.26 Å². The maximum absolute atomic E-state index is 8.68. The van der Waals surface area contributed by atoms with Gasteiger partial charge in [-0.25, -0.2) is 0 Å². The van der Waals surface area contributed by atoms with Gasteiger partial charge >= 0.3 is 0 Å². The summed E-state index contributed by atoms with van der Waals surface area (Å²) in [6.45, 7) is 1.78. The Bertz CT molecular complexity index is 305. The number of hydrogen-bond acceptors (Lipinski definition) is 3. The van der Waals surface area contributed by atoms with Crippen LogP contribution in [0.15, 0.2) is 18.2 Å². The van der Waals surface area contributed by atoms with Crippen LogP contribution >= 0.6 is 0 Å². The summed E-state index contributed by atoms with van der Waals surface area (Å²) in [4.78, 5) is 0. The predicted octanol–water partition coefficient (Wildman–Crippen LogP) is 1.48. The highest BCUT2D eigenvalue weighted by Gasteiger charge is 2.10. The van der Waals surface area contributed by atoms with Crippen molar-refractivity contribution in [1.82, 2.24) is 0 Å². The number of anilines is 2. The molecule has 0 heterocycles. The van der Waals surface area contributed by atoms with Crippen molar-refractivity contribution in [3.05, 3.63) is 23.8 Å².